The molecule has 0 spiro atoms. The highest BCUT2D eigenvalue weighted by Gasteiger charge is 2.21. The van der Waals surface area contributed by atoms with Crippen LogP contribution in [0.3, 0.4) is 0 Å². The molecule has 0 bridgehead atoms. The average molecular weight is 365 g/mol. The van der Waals surface area contributed by atoms with Gasteiger partial charge in [-0.1, -0.05) is 37.3 Å². The second kappa shape index (κ2) is 6.46. The minimum atomic E-state index is -0.683. The van der Waals surface area contributed by atoms with Gasteiger partial charge in [0.05, 0.1) is 17.0 Å². The maximum absolute atomic E-state index is 14.5. The Morgan fingerprint density at radius 2 is 1.78 bits per heavy atom. The Bertz CT molecular complexity index is 1210. The van der Waals surface area contributed by atoms with Gasteiger partial charge in [-0.15, -0.1) is 0 Å². The van der Waals surface area contributed by atoms with Gasteiger partial charge in [-0.2, -0.15) is 9.61 Å². The zero-order valence-electron chi connectivity index (χ0n) is 14.9. The molecule has 0 saturated carbocycles. The van der Waals surface area contributed by atoms with Crippen molar-refractivity contribution in [3.63, 3.8) is 0 Å². The zero-order chi connectivity index (χ0) is 19.1. The van der Waals surface area contributed by atoms with Crippen LogP contribution < -0.4 is 5.56 Å². The molecule has 0 amide bonds. The molecule has 136 valence electrons. The van der Waals surface area contributed by atoms with Crippen molar-refractivity contribution in [3.05, 3.63) is 82.3 Å². The normalized spacial score (nSPS) is 11.3. The Balaban J connectivity index is 2.12. The van der Waals surface area contributed by atoms with Gasteiger partial charge in [-0.3, -0.25) is 4.79 Å². The molecule has 2 aromatic heterocycles. The van der Waals surface area contributed by atoms with Gasteiger partial charge in [0.15, 0.2) is 0 Å². The van der Waals surface area contributed by atoms with Crippen LogP contribution in [0.1, 0.15) is 12.6 Å². The van der Waals surface area contributed by atoms with E-state index in [4.69, 9.17) is 0 Å². The number of benzene rings is 2. The summed E-state index contributed by atoms with van der Waals surface area (Å²) in [5.74, 6) is -1.33. The van der Waals surface area contributed by atoms with Gasteiger partial charge in [-0.05, 0) is 24.1 Å². The third-order valence-corrected chi connectivity index (χ3v) is 4.69. The molecular weight excluding hydrogens is 348 g/mol. The highest BCUT2D eigenvalue weighted by Crippen LogP contribution is 2.32. The number of hydrogen-bond acceptors (Lipinski definition) is 2. The molecule has 27 heavy (non-hydrogen) atoms. The van der Waals surface area contributed by atoms with Crippen LogP contribution in [0.15, 0.2) is 59.4 Å². The molecule has 4 rings (SSSR count). The monoisotopic (exact) mass is 365 g/mol. The van der Waals surface area contributed by atoms with E-state index >= 15 is 0 Å². The van der Waals surface area contributed by atoms with E-state index in [9.17, 15) is 13.6 Å². The molecule has 0 atom stereocenters. The van der Waals surface area contributed by atoms with E-state index in [-0.39, 0.29) is 11.1 Å². The maximum Gasteiger partial charge on any atom is 0.274 e. The highest BCUT2D eigenvalue weighted by molar-refractivity contribution is 5.82. The number of hydrogen-bond donors (Lipinski definition) is 0. The van der Waals surface area contributed by atoms with E-state index in [1.165, 1.54) is 22.7 Å². The van der Waals surface area contributed by atoms with Gasteiger partial charge in [0.1, 0.15) is 17.3 Å². The number of nitrogens with zero attached hydrogens (tertiary/aromatic N) is 3. The van der Waals surface area contributed by atoms with Crippen molar-refractivity contribution in [2.45, 2.75) is 13.3 Å². The van der Waals surface area contributed by atoms with Crippen LogP contribution in [-0.2, 0) is 13.5 Å². The summed E-state index contributed by atoms with van der Waals surface area (Å²) in [6.07, 6.45) is 0.508. The number of halogens is 2. The molecule has 0 aliphatic heterocycles. The fourth-order valence-electron chi connectivity index (χ4n) is 3.41. The summed E-state index contributed by atoms with van der Waals surface area (Å²) in [6.45, 7) is 1.88. The number of aryl methyl sites for hydroxylation is 2. The molecule has 0 unspecified atom stereocenters. The minimum Gasteiger partial charge on any atom is -0.328 e. The molecule has 4 nitrogen and oxygen atoms in total. The van der Waals surface area contributed by atoms with Crippen LogP contribution in [0.2, 0.25) is 0 Å². The molecule has 0 saturated heterocycles. The van der Waals surface area contributed by atoms with Gasteiger partial charge in [-0.25, -0.2) is 8.78 Å². The topological polar surface area (TPSA) is 39.3 Å². The first-order chi connectivity index (χ1) is 13.0. The summed E-state index contributed by atoms with van der Waals surface area (Å²) in [7, 11) is 1.81. The first kappa shape index (κ1) is 17.1. The van der Waals surface area contributed by atoms with Crippen LogP contribution in [-0.4, -0.2) is 14.2 Å². The Hall–Kier alpha value is -3.28. The third kappa shape index (κ3) is 2.73. The number of fused-ring (bicyclic) bond motifs is 1. The average Bonchev–Trinajstić information content (AvgIpc) is 3.06. The van der Waals surface area contributed by atoms with Crippen LogP contribution in [0, 0.1) is 11.6 Å². The largest absolute Gasteiger partial charge is 0.328 e. The molecule has 4 aromatic rings. The van der Waals surface area contributed by atoms with Gasteiger partial charge < -0.3 is 4.57 Å². The van der Waals surface area contributed by atoms with E-state index in [0.29, 0.717) is 29.0 Å². The SMILES string of the molecule is CCc1nn2c(=O)cc(-c3ccccc3)n(C)c2c1-c1ccc(F)cc1F. The lowest BCUT2D eigenvalue weighted by molar-refractivity contribution is 0.585. The van der Waals surface area contributed by atoms with Gasteiger partial charge >= 0.3 is 0 Å². The molecule has 2 aromatic carbocycles. The standard InChI is InChI=1S/C21H17F2N3O/c1-3-17-20(15-10-9-14(22)11-16(15)23)21-25(2)18(12-19(27)26(21)24-17)13-7-5-4-6-8-13/h4-12H,3H2,1-2H3. The van der Waals surface area contributed by atoms with Crippen molar-refractivity contribution in [3.8, 4) is 22.4 Å². The Morgan fingerprint density at radius 3 is 2.44 bits per heavy atom. The van der Waals surface area contributed by atoms with E-state index < -0.39 is 11.6 Å². The Kier molecular flexibility index (Phi) is 4.11. The van der Waals surface area contributed by atoms with Crippen molar-refractivity contribution in [2.24, 2.45) is 7.05 Å². The number of aromatic nitrogens is 3. The second-order valence-corrected chi connectivity index (χ2v) is 6.33. The predicted molar refractivity (Wildman–Crippen MR) is 101 cm³/mol. The molecule has 6 heteroatoms. The molecule has 0 aliphatic carbocycles. The zero-order valence-corrected chi connectivity index (χ0v) is 14.9. The Labute approximate surface area is 154 Å². The van der Waals surface area contributed by atoms with Gasteiger partial charge in [0.2, 0.25) is 0 Å². The van der Waals surface area contributed by atoms with Crippen molar-refractivity contribution in [1.82, 2.24) is 14.2 Å². The summed E-state index contributed by atoms with van der Waals surface area (Å²) in [6, 6.07) is 14.4. The van der Waals surface area contributed by atoms with Crippen LogP contribution >= 0.6 is 0 Å². The molecule has 0 aliphatic rings. The van der Waals surface area contributed by atoms with Crippen LogP contribution in [0.4, 0.5) is 8.78 Å². The summed E-state index contributed by atoms with van der Waals surface area (Å²) in [5, 5.41) is 4.39. The van der Waals surface area contributed by atoms with Crippen LogP contribution in [0.25, 0.3) is 28.0 Å². The summed E-state index contributed by atoms with van der Waals surface area (Å²) >= 11 is 0. The first-order valence-corrected chi connectivity index (χ1v) is 8.63. The van der Waals surface area contributed by atoms with Crippen molar-refractivity contribution in [2.75, 3.05) is 0 Å². The lowest BCUT2D eigenvalue weighted by Crippen LogP contribution is -2.18. The third-order valence-electron chi connectivity index (χ3n) is 4.69. The predicted octanol–water partition coefficient (Wildman–Crippen LogP) is 4.21. The molecule has 0 fully saturated rings. The van der Waals surface area contributed by atoms with E-state index in [0.717, 1.165) is 11.6 Å². The summed E-state index contributed by atoms with van der Waals surface area (Å²) in [5.41, 5.74) is 3.05. The molecule has 0 N–H and O–H groups in total. The van der Waals surface area contributed by atoms with Crippen molar-refractivity contribution >= 4 is 5.65 Å². The maximum atomic E-state index is 14.5. The lowest BCUT2D eigenvalue weighted by atomic mass is 10.0. The van der Waals surface area contributed by atoms with Crippen molar-refractivity contribution in [1.29, 1.82) is 0 Å². The fourth-order valence-corrected chi connectivity index (χ4v) is 3.41. The van der Waals surface area contributed by atoms with Crippen LogP contribution in [0.5, 0.6) is 0 Å². The quantitative estimate of drug-likeness (QED) is 0.546. The minimum absolute atomic E-state index is 0.225. The summed E-state index contributed by atoms with van der Waals surface area (Å²) in [4.78, 5) is 12.7. The first-order valence-electron chi connectivity index (χ1n) is 8.63. The molecule has 0 radical (unpaired) electrons. The van der Waals surface area contributed by atoms with Crippen molar-refractivity contribution < 1.29 is 8.78 Å². The van der Waals surface area contributed by atoms with Gasteiger partial charge in [0.25, 0.3) is 5.56 Å². The van der Waals surface area contributed by atoms with E-state index in [2.05, 4.69) is 5.10 Å². The molecular formula is C21H17F2N3O. The summed E-state index contributed by atoms with van der Waals surface area (Å²) < 4.78 is 31.0. The molecule has 2 heterocycles. The Morgan fingerprint density at radius 1 is 1.04 bits per heavy atom. The highest BCUT2D eigenvalue weighted by atomic mass is 19.1. The number of rotatable bonds is 3. The van der Waals surface area contributed by atoms with E-state index in [1.807, 2.05) is 48.9 Å². The van der Waals surface area contributed by atoms with E-state index in [1.54, 1.807) is 0 Å². The van der Waals surface area contributed by atoms with Gasteiger partial charge in [0, 0.05) is 24.7 Å². The lowest BCUT2D eigenvalue weighted by Gasteiger charge is -2.13. The fraction of sp³-hybridized carbons (Fsp3) is 0.143. The second-order valence-electron chi connectivity index (χ2n) is 6.33. The smallest absolute Gasteiger partial charge is 0.274 e.